The second-order valence-corrected chi connectivity index (χ2v) is 5.45. The number of benzene rings is 1. The summed E-state index contributed by atoms with van der Waals surface area (Å²) in [5, 5.41) is 4.33. The summed E-state index contributed by atoms with van der Waals surface area (Å²) in [7, 11) is 2.15. The van der Waals surface area contributed by atoms with Gasteiger partial charge in [-0.25, -0.2) is 0 Å². The first-order chi connectivity index (χ1) is 8.24. The normalized spacial score (nSPS) is 15.5. The lowest BCUT2D eigenvalue weighted by Gasteiger charge is -2.17. The average molecular weight is 253 g/mol. The zero-order valence-electron chi connectivity index (χ0n) is 10.5. The fraction of sp³-hybridized carbons (Fsp3) is 0.571. The highest BCUT2D eigenvalue weighted by Crippen LogP contribution is 2.27. The Bertz CT molecular complexity index is 350. The molecule has 0 aliphatic heterocycles. The first kappa shape index (κ1) is 12.9. The maximum Gasteiger partial charge on any atom is 0.0409 e. The van der Waals surface area contributed by atoms with E-state index in [9.17, 15) is 0 Å². The molecule has 1 fully saturated rings. The molecular weight excluding hydrogens is 232 g/mol. The van der Waals surface area contributed by atoms with Crippen molar-refractivity contribution in [2.75, 3.05) is 26.7 Å². The van der Waals surface area contributed by atoms with Gasteiger partial charge < -0.3 is 10.2 Å². The smallest absolute Gasteiger partial charge is 0.0409 e. The van der Waals surface area contributed by atoms with Gasteiger partial charge in [-0.1, -0.05) is 23.7 Å². The predicted octanol–water partition coefficient (Wildman–Crippen LogP) is 2.77. The van der Waals surface area contributed by atoms with Crippen LogP contribution in [0.25, 0.3) is 0 Å². The molecule has 2 rings (SSSR count). The highest BCUT2D eigenvalue weighted by molar-refractivity contribution is 6.30. The molecule has 1 aliphatic carbocycles. The minimum atomic E-state index is 0.822. The maximum absolute atomic E-state index is 5.97. The minimum absolute atomic E-state index is 0.822. The molecule has 0 saturated heterocycles. The van der Waals surface area contributed by atoms with Crippen molar-refractivity contribution in [2.45, 2.75) is 19.4 Å². The van der Waals surface area contributed by atoms with Crippen LogP contribution in [0, 0.1) is 5.92 Å². The first-order valence-corrected chi connectivity index (χ1v) is 6.75. The van der Waals surface area contributed by atoms with Crippen molar-refractivity contribution in [1.29, 1.82) is 0 Å². The van der Waals surface area contributed by atoms with Crippen LogP contribution in [0.1, 0.15) is 18.4 Å². The lowest BCUT2D eigenvalue weighted by molar-refractivity contribution is 0.324. The fourth-order valence-corrected chi connectivity index (χ4v) is 2.14. The van der Waals surface area contributed by atoms with E-state index in [0.29, 0.717) is 0 Å². The molecule has 17 heavy (non-hydrogen) atoms. The fourth-order valence-electron chi connectivity index (χ4n) is 1.92. The predicted molar refractivity (Wildman–Crippen MR) is 73.4 cm³/mol. The molecule has 0 atom stereocenters. The minimum Gasteiger partial charge on any atom is -0.315 e. The molecule has 0 radical (unpaired) electrons. The molecule has 0 heterocycles. The van der Waals surface area contributed by atoms with Crippen LogP contribution in [0.15, 0.2) is 24.3 Å². The van der Waals surface area contributed by atoms with Crippen LogP contribution in [-0.4, -0.2) is 31.6 Å². The molecule has 0 amide bonds. The molecule has 1 aromatic carbocycles. The zero-order chi connectivity index (χ0) is 12.1. The van der Waals surface area contributed by atoms with E-state index in [1.54, 1.807) is 0 Å². The molecule has 0 aromatic heterocycles. The van der Waals surface area contributed by atoms with E-state index in [2.05, 4.69) is 23.3 Å². The van der Waals surface area contributed by atoms with E-state index in [-0.39, 0.29) is 0 Å². The van der Waals surface area contributed by atoms with Gasteiger partial charge in [0, 0.05) is 24.7 Å². The molecule has 1 aliphatic rings. The van der Waals surface area contributed by atoms with Crippen LogP contribution in [0.2, 0.25) is 5.02 Å². The van der Waals surface area contributed by atoms with Gasteiger partial charge >= 0.3 is 0 Å². The van der Waals surface area contributed by atoms with Gasteiger partial charge in [0.1, 0.15) is 0 Å². The average Bonchev–Trinajstić information content (AvgIpc) is 3.08. The number of nitrogens with zero attached hydrogens (tertiary/aromatic N) is 1. The molecule has 1 saturated carbocycles. The van der Waals surface area contributed by atoms with Gasteiger partial charge in [-0.15, -0.1) is 0 Å². The van der Waals surface area contributed by atoms with Crippen molar-refractivity contribution < 1.29 is 0 Å². The Kier molecular flexibility index (Phi) is 4.84. The molecule has 3 heteroatoms. The van der Waals surface area contributed by atoms with Gasteiger partial charge in [-0.3, -0.25) is 0 Å². The second kappa shape index (κ2) is 6.39. The highest BCUT2D eigenvalue weighted by atomic mass is 35.5. The van der Waals surface area contributed by atoms with Gasteiger partial charge in [0.05, 0.1) is 0 Å². The standard InChI is InChI=1S/C14H21ClN2/c1-17(8-7-16-10-12-5-6-12)11-13-3-2-4-14(15)9-13/h2-4,9,12,16H,5-8,10-11H2,1H3. The van der Waals surface area contributed by atoms with Gasteiger partial charge in [0.15, 0.2) is 0 Å². The summed E-state index contributed by atoms with van der Waals surface area (Å²) >= 11 is 5.97. The molecule has 94 valence electrons. The van der Waals surface area contributed by atoms with E-state index in [4.69, 9.17) is 11.6 Å². The van der Waals surface area contributed by atoms with Crippen molar-refractivity contribution in [3.8, 4) is 0 Å². The summed E-state index contributed by atoms with van der Waals surface area (Å²) in [5.41, 5.74) is 1.28. The molecule has 0 unspecified atom stereocenters. The second-order valence-electron chi connectivity index (χ2n) is 5.02. The Morgan fingerprint density at radius 2 is 2.24 bits per heavy atom. The van der Waals surface area contributed by atoms with Gasteiger partial charge in [-0.2, -0.15) is 0 Å². The summed E-state index contributed by atoms with van der Waals surface area (Å²) in [6.45, 7) is 4.32. The zero-order valence-corrected chi connectivity index (χ0v) is 11.2. The van der Waals surface area contributed by atoms with Crippen LogP contribution in [0.4, 0.5) is 0 Å². The van der Waals surface area contributed by atoms with E-state index < -0.39 is 0 Å². The van der Waals surface area contributed by atoms with Crippen molar-refractivity contribution in [1.82, 2.24) is 10.2 Å². The van der Waals surface area contributed by atoms with Crippen molar-refractivity contribution in [3.05, 3.63) is 34.9 Å². The molecule has 0 bridgehead atoms. The van der Waals surface area contributed by atoms with Gasteiger partial charge in [0.25, 0.3) is 0 Å². The van der Waals surface area contributed by atoms with Gasteiger partial charge in [-0.05, 0) is 50.0 Å². The van der Waals surface area contributed by atoms with E-state index in [1.807, 2.05) is 18.2 Å². The van der Waals surface area contributed by atoms with Crippen LogP contribution in [0.5, 0.6) is 0 Å². The first-order valence-electron chi connectivity index (χ1n) is 6.38. The third kappa shape index (κ3) is 5.07. The summed E-state index contributed by atoms with van der Waals surface area (Å²) in [6, 6.07) is 8.09. The summed E-state index contributed by atoms with van der Waals surface area (Å²) in [5.74, 6) is 0.966. The van der Waals surface area contributed by atoms with Crippen LogP contribution >= 0.6 is 11.6 Å². The number of hydrogen-bond acceptors (Lipinski definition) is 2. The van der Waals surface area contributed by atoms with Crippen molar-refractivity contribution in [2.24, 2.45) is 5.92 Å². The number of halogens is 1. The highest BCUT2D eigenvalue weighted by Gasteiger charge is 2.19. The Labute approximate surface area is 109 Å². The number of rotatable bonds is 7. The number of hydrogen-bond donors (Lipinski definition) is 1. The maximum atomic E-state index is 5.97. The number of nitrogens with one attached hydrogen (secondary N) is 1. The topological polar surface area (TPSA) is 15.3 Å². The lowest BCUT2D eigenvalue weighted by Crippen LogP contribution is -2.30. The van der Waals surface area contributed by atoms with Crippen molar-refractivity contribution in [3.63, 3.8) is 0 Å². The Hall–Kier alpha value is -0.570. The van der Waals surface area contributed by atoms with E-state index in [1.165, 1.54) is 24.9 Å². The van der Waals surface area contributed by atoms with Crippen LogP contribution in [-0.2, 0) is 6.54 Å². The molecule has 1 aromatic rings. The largest absolute Gasteiger partial charge is 0.315 e. The molecule has 2 nitrogen and oxygen atoms in total. The van der Waals surface area contributed by atoms with Gasteiger partial charge in [0.2, 0.25) is 0 Å². The summed E-state index contributed by atoms with van der Waals surface area (Å²) in [6.07, 6.45) is 2.84. The Balaban J connectivity index is 1.63. The summed E-state index contributed by atoms with van der Waals surface area (Å²) in [4.78, 5) is 2.32. The third-order valence-corrected chi connectivity index (χ3v) is 3.38. The van der Waals surface area contributed by atoms with Crippen LogP contribution in [0.3, 0.4) is 0 Å². The third-order valence-electron chi connectivity index (χ3n) is 3.14. The van der Waals surface area contributed by atoms with E-state index >= 15 is 0 Å². The number of likely N-dealkylation sites (N-methyl/N-ethyl adjacent to an activating group) is 1. The lowest BCUT2D eigenvalue weighted by atomic mass is 10.2. The monoisotopic (exact) mass is 252 g/mol. The Morgan fingerprint density at radius 1 is 1.41 bits per heavy atom. The molecular formula is C14H21ClN2. The molecule has 0 spiro atoms. The van der Waals surface area contributed by atoms with E-state index in [0.717, 1.165) is 30.6 Å². The molecule has 1 N–H and O–H groups in total. The SMILES string of the molecule is CN(CCNCC1CC1)Cc1cccc(Cl)c1. The summed E-state index contributed by atoms with van der Waals surface area (Å²) < 4.78 is 0. The van der Waals surface area contributed by atoms with Crippen molar-refractivity contribution >= 4 is 11.6 Å². The quantitative estimate of drug-likeness (QED) is 0.751. The van der Waals surface area contributed by atoms with Crippen LogP contribution < -0.4 is 5.32 Å². The Morgan fingerprint density at radius 3 is 2.94 bits per heavy atom.